The van der Waals surface area contributed by atoms with Gasteiger partial charge in [0.2, 0.25) is 0 Å². The Hall–Kier alpha value is -2.53. The first-order valence-corrected chi connectivity index (χ1v) is 10.8. The highest BCUT2D eigenvalue weighted by Crippen LogP contribution is 2.23. The number of para-hydroxylation sites is 2. The molecule has 0 radical (unpaired) electrons. The molecule has 2 aromatic carbocycles. The molecule has 0 N–H and O–H groups in total. The van der Waals surface area contributed by atoms with Gasteiger partial charge in [-0.15, -0.1) is 0 Å². The highest BCUT2D eigenvalue weighted by molar-refractivity contribution is 7.99. The van der Waals surface area contributed by atoms with Gasteiger partial charge in [-0.3, -0.25) is 0 Å². The molecule has 1 aromatic heterocycles. The monoisotopic (exact) mass is 394 g/mol. The minimum absolute atomic E-state index is 0.199. The summed E-state index contributed by atoms with van der Waals surface area (Å²) in [5.41, 5.74) is 1.73. The molecule has 0 bridgehead atoms. The van der Waals surface area contributed by atoms with Crippen LogP contribution in [0.4, 0.5) is 0 Å². The van der Waals surface area contributed by atoms with E-state index in [1.54, 1.807) is 20.9 Å². The van der Waals surface area contributed by atoms with Crippen molar-refractivity contribution in [1.82, 2.24) is 4.57 Å². The van der Waals surface area contributed by atoms with Gasteiger partial charge in [-0.05, 0) is 55.3 Å². The summed E-state index contributed by atoms with van der Waals surface area (Å²) >= 11 is 1.55. The van der Waals surface area contributed by atoms with Crippen LogP contribution < -0.4 is 15.2 Å². The van der Waals surface area contributed by atoms with Crippen molar-refractivity contribution in [2.45, 2.75) is 44.7 Å². The van der Waals surface area contributed by atoms with Crippen LogP contribution in [0.5, 0.6) is 5.88 Å². The molecule has 3 rings (SSSR count). The van der Waals surface area contributed by atoms with E-state index in [1.807, 2.05) is 60.7 Å². The van der Waals surface area contributed by atoms with E-state index in [1.165, 1.54) is 0 Å². The second-order valence-corrected chi connectivity index (χ2v) is 7.73. The maximum Gasteiger partial charge on any atom is 0.345 e. The van der Waals surface area contributed by atoms with Crippen LogP contribution in [-0.4, -0.2) is 10.3 Å². The Balaban J connectivity index is 2.37. The first-order valence-electron chi connectivity index (χ1n) is 9.83. The van der Waals surface area contributed by atoms with Crippen LogP contribution in [-0.2, 0) is 6.42 Å². The van der Waals surface area contributed by atoms with Crippen molar-refractivity contribution < 1.29 is 9.67 Å². The number of rotatable bonds is 8. The quantitative estimate of drug-likeness (QED) is 0.329. The Kier molecular flexibility index (Phi) is 6.93. The van der Waals surface area contributed by atoms with Gasteiger partial charge < -0.3 is 5.11 Å². The lowest BCUT2D eigenvalue weighted by Gasteiger charge is -2.20. The summed E-state index contributed by atoms with van der Waals surface area (Å²) in [6.07, 6.45) is 3.19. The zero-order valence-electron chi connectivity index (χ0n) is 16.4. The molecular weight excluding hydrogens is 368 g/mol. The van der Waals surface area contributed by atoms with Gasteiger partial charge in [0.05, 0.1) is 11.4 Å². The summed E-state index contributed by atoms with van der Waals surface area (Å²) in [4.78, 5) is 13.4. The maximum absolute atomic E-state index is 13.4. The largest absolute Gasteiger partial charge is 0.842 e. The number of hydrogen-bond donors (Lipinski definition) is 0. The zero-order valence-corrected chi connectivity index (χ0v) is 17.2. The van der Waals surface area contributed by atoms with Crippen molar-refractivity contribution in [3.8, 4) is 17.3 Å². The van der Waals surface area contributed by atoms with Crippen molar-refractivity contribution in [1.29, 1.82) is 0 Å². The Morgan fingerprint density at radius 2 is 1.61 bits per heavy atom. The minimum atomic E-state index is -0.199. The SMILES string of the molecule is CCCCc1c([O-])[n+](-c2ccccc2)c(SCCC)n(-c2ccccc2)c1=O. The summed E-state index contributed by atoms with van der Waals surface area (Å²) in [5, 5.41) is 14.1. The van der Waals surface area contributed by atoms with Crippen LogP contribution in [0.1, 0.15) is 38.7 Å². The molecule has 0 atom stereocenters. The van der Waals surface area contributed by atoms with E-state index in [2.05, 4.69) is 13.8 Å². The molecule has 3 aromatic rings. The molecular formula is C23H26N2O2S. The number of benzene rings is 2. The van der Waals surface area contributed by atoms with Crippen molar-refractivity contribution in [3.63, 3.8) is 0 Å². The highest BCUT2D eigenvalue weighted by Gasteiger charge is 2.27. The van der Waals surface area contributed by atoms with Gasteiger partial charge in [0.1, 0.15) is 11.4 Å². The Morgan fingerprint density at radius 3 is 2.21 bits per heavy atom. The van der Waals surface area contributed by atoms with E-state index >= 15 is 0 Å². The third-order valence-corrected chi connectivity index (χ3v) is 5.79. The van der Waals surface area contributed by atoms with Gasteiger partial charge in [0, 0.05) is 5.75 Å². The third kappa shape index (κ3) is 4.14. The summed E-state index contributed by atoms with van der Waals surface area (Å²) in [5.74, 6) is 0.628. The van der Waals surface area contributed by atoms with E-state index in [-0.39, 0.29) is 11.4 Å². The van der Waals surface area contributed by atoms with Gasteiger partial charge >= 0.3 is 10.7 Å². The molecule has 146 valence electrons. The fraction of sp³-hybridized carbons (Fsp3) is 0.304. The van der Waals surface area contributed by atoms with Gasteiger partial charge in [-0.1, -0.05) is 56.7 Å². The highest BCUT2D eigenvalue weighted by atomic mass is 32.2. The number of unbranched alkanes of at least 4 members (excludes halogenated alkanes) is 1. The van der Waals surface area contributed by atoms with Gasteiger partial charge in [0.15, 0.2) is 0 Å². The standard InChI is InChI=1S/C23H26N2O2S/c1-3-5-16-20-21(26)24(18-12-8-6-9-13-18)23(28-17-4-2)25(22(20)27)19-14-10-7-11-15-19/h6-15H,3-5,16-17H2,1-2H3. The third-order valence-electron chi connectivity index (χ3n) is 4.55. The smallest absolute Gasteiger partial charge is 0.345 e. The Labute approximate surface area is 170 Å². The average molecular weight is 395 g/mol. The number of nitrogens with zero attached hydrogens (tertiary/aromatic N) is 2. The molecule has 0 unspecified atom stereocenters. The number of thioether (sulfide) groups is 1. The molecule has 0 aliphatic carbocycles. The molecule has 0 aliphatic rings. The molecule has 0 amide bonds. The minimum Gasteiger partial charge on any atom is -0.842 e. The van der Waals surface area contributed by atoms with Crippen LogP contribution in [0.25, 0.3) is 11.4 Å². The predicted molar refractivity (Wildman–Crippen MR) is 113 cm³/mol. The summed E-state index contributed by atoms with van der Waals surface area (Å²) in [6.45, 7) is 4.16. The zero-order chi connectivity index (χ0) is 19.9. The Morgan fingerprint density at radius 1 is 0.964 bits per heavy atom. The lowest BCUT2D eigenvalue weighted by atomic mass is 10.1. The van der Waals surface area contributed by atoms with Gasteiger partial charge in [-0.2, -0.15) is 9.13 Å². The average Bonchev–Trinajstić information content (AvgIpc) is 2.73. The lowest BCUT2D eigenvalue weighted by Crippen LogP contribution is -2.46. The van der Waals surface area contributed by atoms with Crippen LogP contribution in [0.3, 0.4) is 0 Å². The van der Waals surface area contributed by atoms with Crippen LogP contribution in [0.15, 0.2) is 70.6 Å². The van der Waals surface area contributed by atoms with Crippen molar-refractivity contribution in [2.24, 2.45) is 0 Å². The Bertz CT molecular complexity index is 969. The summed E-state index contributed by atoms with van der Waals surface area (Å²) in [7, 11) is 0. The van der Waals surface area contributed by atoms with Crippen LogP contribution in [0, 0.1) is 0 Å². The first kappa shape index (κ1) is 20.2. The molecule has 4 nitrogen and oxygen atoms in total. The van der Waals surface area contributed by atoms with Crippen molar-refractivity contribution in [2.75, 3.05) is 5.75 Å². The summed E-state index contributed by atoms with van der Waals surface area (Å²) < 4.78 is 3.42. The van der Waals surface area contributed by atoms with Crippen LogP contribution in [0.2, 0.25) is 0 Å². The second-order valence-electron chi connectivity index (χ2n) is 6.67. The van der Waals surface area contributed by atoms with Gasteiger partial charge in [-0.25, -0.2) is 4.79 Å². The normalized spacial score (nSPS) is 10.9. The molecule has 0 spiro atoms. The molecule has 0 saturated carbocycles. The first-order chi connectivity index (χ1) is 13.7. The second kappa shape index (κ2) is 9.60. The molecule has 1 heterocycles. The van der Waals surface area contributed by atoms with Crippen molar-refractivity contribution in [3.05, 3.63) is 76.6 Å². The molecule has 0 fully saturated rings. The lowest BCUT2D eigenvalue weighted by molar-refractivity contribution is -0.690. The number of aromatic nitrogens is 2. The molecule has 28 heavy (non-hydrogen) atoms. The van der Waals surface area contributed by atoms with E-state index < -0.39 is 0 Å². The fourth-order valence-electron chi connectivity index (χ4n) is 3.13. The van der Waals surface area contributed by atoms with Crippen LogP contribution >= 0.6 is 11.8 Å². The maximum atomic E-state index is 13.4. The number of hydrogen-bond acceptors (Lipinski definition) is 3. The molecule has 5 heteroatoms. The van der Waals surface area contributed by atoms with E-state index in [0.717, 1.165) is 36.4 Å². The fourth-order valence-corrected chi connectivity index (χ4v) is 4.16. The summed E-state index contributed by atoms with van der Waals surface area (Å²) in [6, 6.07) is 19.2. The topological polar surface area (TPSA) is 48.9 Å². The van der Waals surface area contributed by atoms with Gasteiger partial charge in [0.25, 0.3) is 0 Å². The van der Waals surface area contributed by atoms with E-state index in [0.29, 0.717) is 17.1 Å². The van der Waals surface area contributed by atoms with E-state index in [4.69, 9.17) is 0 Å². The molecule has 0 aliphatic heterocycles. The van der Waals surface area contributed by atoms with E-state index in [9.17, 15) is 9.90 Å². The molecule has 0 saturated heterocycles. The van der Waals surface area contributed by atoms with Crippen molar-refractivity contribution >= 4 is 11.8 Å². The predicted octanol–water partition coefficient (Wildman–Crippen LogP) is 4.03.